The average Bonchev–Trinajstić information content (AvgIpc) is 3.78. The van der Waals surface area contributed by atoms with Gasteiger partial charge in [0.05, 0.1) is 11.4 Å². The van der Waals surface area contributed by atoms with Gasteiger partial charge < -0.3 is 4.90 Å². The normalized spacial score (nSPS) is 13.1. The molecule has 2 heteroatoms. The largest absolute Gasteiger partial charge is 0.309 e. The van der Waals surface area contributed by atoms with Crippen LogP contribution in [0.15, 0.2) is 194 Å². The molecule has 0 bridgehead atoms. The van der Waals surface area contributed by atoms with Gasteiger partial charge in [0.2, 0.25) is 0 Å². The van der Waals surface area contributed by atoms with E-state index in [1.54, 1.807) is 0 Å². The molecule has 0 aliphatic heterocycles. The maximum absolute atomic E-state index is 2.55. The van der Waals surface area contributed by atoms with Crippen molar-refractivity contribution in [3.8, 4) is 44.5 Å². The fraction of sp³-hybridized carbons (Fsp3) is 0.119. The number of benzene rings is 9. The van der Waals surface area contributed by atoms with Gasteiger partial charge >= 0.3 is 0 Å². The third-order valence-corrected chi connectivity index (χ3v) is 14.2. The molecule has 11 rings (SSSR count). The molecule has 0 amide bonds. The minimum absolute atomic E-state index is 0.0262. The molecule has 9 aromatic carbocycles. The highest BCUT2D eigenvalue weighted by molar-refractivity contribution is 7.26. The molecule has 1 aliphatic rings. The first kappa shape index (κ1) is 37.3. The van der Waals surface area contributed by atoms with Crippen LogP contribution in [0.2, 0.25) is 0 Å². The van der Waals surface area contributed by atoms with E-state index in [1.165, 1.54) is 92.1 Å². The van der Waals surface area contributed by atoms with E-state index in [1.807, 2.05) is 11.3 Å². The molecule has 1 heterocycles. The number of thiophene rings is 1. The van der Waals surface area contributed by atoms with Gasteiger partial charge in [-0.05, 0) is 109 Å². The predicted molar refractivity (Wildman–Crippen MR) is 264 cm³/mol. The van der Waals surface area contributed by atoms with E-state index in [9.17, 15) is 0 Å². The van der Waals surface area contributed by atoms with Crippen molar-refractivity contribution in [1.29, 1.82) is 0 Å². The fourth-order valence-corrected chi connectivity index (χ4v) is 11.1. The van der Waals surface area contributed by atoms with Crippen LogP contribution < -0.4 is 4.90 Å². The molecule has 1 nitrogen and oxygen atoms in total. The quantitative estimate of drug-likeness (QED) is 0.162. The SMILES string of the molecule is CC(C)(C)c1ccc(N(c2ccc3c(c2)-c2ccccc2C3(C)C)c2ccc3ccccc3c2-c2cccc(-c3cccc4c3sc3ccccc34)c2)c(-c2ccccc2)c1. The summed E-state index contributed by atoms with van der Waals surface area (Å²) in [5.74, 6) is 0. The Hall–Kier alpha value is -6.74. The summed E-state index contributed by atoms with van der Waals surface area (Å²) in [4.78, 5) is 2.55. The first-order valence-corrected chi connectivity index (χ1v) is 22.2. The highest BCUT2D eigenvalue weighted by Gasteiger charge is 2.36. The Labute approximate surface area is 363 Å². The summed E-state index contributed by atoms with van der Waals surface area (Å²) in [6.45, 7) is 11.6. The lowest BCUT2D eigenvalue weighted by molar-refractivity contribution is 0.590. The molecule has 1 aliphatic carbocycles. The topological polar surface area (TPSA) is 3.24 Å². The van der Waals surface area contributed by atoms with Crippen LogP contribution >= 0.6 is 11.3 Å². The molecular formula is C59H47NS. The van der Waals surface area contributed by atoms with Crippen LogP contribution in [0.3, 0.4) is 0 Å². The van der Waals surface area contributed by atoms with Crippen LogP contribution in [-0.4, -0.2) is 0 Å². The van der Waals surface area contributed by atoms with E-state index in [2.05, 4.69) is 234 Å². The summed E-state index contributed by atoms with van der Waals surface area (Å²) in [6, 6.07) is 72.6. The fourth-order valence-electron chi connectivity index (χ4n) is 9.87. The van der Waals surface area contributed by atoms with Crippen molar-refractivity contribution in [3.63, 3.8) is 0 Å². The van der Waals surface area contributed by atoms with Crippen molar-refractivity contribution >= 4 is 59.3 Å². The zero-order valence-corrected chi connectivity index (χ0v) is 36.1. The van der Waals surface area contributed by atoms with Gasteiger partial charge in [-0.2, -0.15) is 0 Å². The molecule has 1 aromatic heterocycles. The smallest absolute Gasteiger partial charge is 0.0546 e. The molecule has 0 fully saturated rings. The van der Waals surface area contributed by atoms with E-state index < -0.39 is 0 Å². The van der Waals surface area contributed by atoms with Gasteiger partial charge in [-0.25, -0.2) is 0 Å². The van der Waals surface area contributed by atoms with Crippen molar-refractivity contribution < 1.29 is 0 Å². The highest BCUT2D eigenvalue weighted by Crippen LogP contribution is 2.53. The zero-order chi connectivity index (χ0) is 41.5. The molecule has 10 aromatic rings. The Kier molecular flexibility index (Phi) is 8.67. The Morgan fingerprint density at radius 3 is 1.95 bits per heavy atom. The summed E-state index contributed by atoms with van der Waals surface area (Å²) in [5.41, 5.74) is 17.3. The number of nitrogens with zero attached hydrogens (tertiary/aromatic N) is 1. The second kappa shape index (κ2) is 14.2. The molecule has 0 N–H and O–H groups in total. The number of fused-ring (bicyclic) bond motifs is 7. The van der Waals surface area contributed by atoms with Crippen molar-refractivity contribution in [3.05, 3.63) is 211 Å². The molecule has 0 spiro atoms. The van der Waals surface area contributed by atoms with Crippen molar-refractivity contribution in [2.24, 2.45) is 0 Å². The second-order valence-electron chi connectivity index (χ2n) is 18.1. The van der Waals surface area contributed by atoms with E-state index in [4.69, 9.17) is 0 Å². The van der Waals surface area contributed by atoms with Gasteiger partial charge in [-0.3, -0.25) is 0 Å². The molecule has 0 unspecified atom stereocenters. The Morgan fingerprint density at radius 1 is 0.443 bits per heavy atom. The maximum atomic E-state index is 2.55. The molecule has 0 saturated carbocycles. The Balaban J connectivity index is 1.20. The Morgan fingerprint density at radius 2 is 1.10 bits per heavy atom. The summed E-state index contributed by atoms with van der Waals surface area (Å²) < 4.78 is 2.65. The van der Waals surface area contributed by atoms with Gasteiger partial charge in [0, 0.05) is 42.4 Å². The van der Waals surface area contributed by atoms with Crippen LogP contribution in [0.5, 0.6) is 0 Å². The van der Waals surface area contributed by atoms with E-state index in [-0.39, 0.29) is 10.8 Å². The highest BCUT2D eigenvalue weighted by atomic mass is 32.1. The lowest BCUT2D eigenvalue weighted by Gasteiger charge is -2.32. The first-order chi connectivity index (χ1) is 29.6. The molecular weight excluding hydrogens is 755 g/mol. The number of hydrogen-bond acceptors (Lipinski definition) is 2. The molecule has 294 valence electrons. The monoisotopic (exact) mass is 801 g/mol. The molecule has 0 radical (unpaired) electrons. The average molecular weight is 802 g/mol. The van der Waals surface area contributed by atoms with Gasteiger partial charge in [0.15, 0.2) is 0 Å². The third kappa shape index (κ3) is 6.12. The Bertz CT molecular complexity index is 3320. The van der Waals surface area contributed by atoms with Crippen molar-refractivity contribution in [2.75, 3.05) is 4.90 Å². The molecule has 0 saturated heterocycles. The lowest BCUT2D eigenvalue weighted by atomic mass is 9.82. The standard InChI is InChI=1S/C59H47NS/c1-58(2,3)42-30-34-53(49(36-42)38-17-7-6-8-18-38)60(43-31-32-52-50(37-43)46-23-11-13-27-51(46)59(52,4)5)54-33-29-39-19-9-10-22-44(39)56(54)41-21-15-20-40(35-41)45-25-16-26-48-47-24-12-14-28-55(47)61-57(45)48/h6-37H,1-5H3. The van der Waals surface area contributed by atoms with E-state index in [0.29, 0.717) is 0 Å². The van der Waals surface area contributed by atoms with Crippen LogP contribution in [-0.2, 0) is 10.8 Å². The summed E-state index contributed by atoms with van der Waals surface area (Å²) in [5, 5.41) is 5.07. The zero-order valence-electron chi connectivity index (χ0n) is 35.3. The lowest BCUT2D eigenvalue weighted by Crippen LogP contribution is -2.16. The van der Waals surface area contributed by atoms with Gasteiger partial charge in [-0.1, -0.05) is 186 Å². The van der Waals surface area contributed by atoms with Gasteiger partial charge in [0.25, 0.3) is 0 Å². The minimum Gasteiger partial charge on any atom is -0.309 e. The van der Waals surface area contributed by atoms with Crippen LogP contribution in [0, 0.1) is 0 Å². The number of anilines is 3. The van der Waals surface area contributed by atoms with E-state index >= 15 is 0 Å². The maximum Gasteiger partial charge on any atom is 0.0546 e. The van der Waals surface area contributed by atoms with Crippen molar-refractivity contribution in [1.82, 2.24) is 0 Å². The molecule has 61 heavy (non-hydrogen) atoms. The number of rotatable bonds is 6. The summed E-state index contributed by atoms with van der Waals surface area (Å²) in [6.07, 6.45) is 0. The summed E-state index contributed by atoms with van der Waals surface area (Å²) >= 11 is 1.89. The van der Waals surface area contributed by atoms with Crippen LogP contribution in [0.4, 0.5) is 17.1 Å². The minimum atomic E-state index is -0.0926. The van der Waals surface area contributed by atoms with E-state index in [0.717, 1.165) is 17.1 Å². The summed E-state index contributed by atoms with van der Waals surface area (Å²) in [7, 11) is 0. The van der Waals surface area contributed by atoms with Crippen LogP contribution in [0.1, 0.15) is 51.3 Å². The predicted octanol–water partition coefficient (Wildman–Crippen LogP) is 17.3. The second-order valence-corrected chi connectivity index (χ2v) is 19.2. The van der Waals surface area contributed by atoms with Crippen molar-refractivity contribution in [2.45, 2.75) is 45.4 Å². The van der Waals surface area contributed by atoms with Gasteiger partial charge in [0.1, 0.15) is 0 Å². The number of hydrogen-bond donors (Lipinski definition) is 0. The van der Waals surface area contributed by atoms with Gasteiger partial charge in [-0.15, -0.1) is 11.3 Å². The third-order valence-electron chi connectivity index (χ3n) is 13.0. The van der Waals surface area contributed by atoms with Crippen LogP contribution in [0.25, 0.3) is 75.5 Å². The first-order valence-electron chi connectivity index (χ1n) is 21.4. The molecule has 0 atom stereocenters.